The van der Waals surface area contributed by atoms with Crippen molar-refractivity contribution in [2.75, 3.05) is 54.5 Å². The largest absolute Gasteiger partial charge is 1.00 e. The summed E-state index contributed by atoms with van der Waals surface area (Å²) >= 11 is 0. The standard InChI is InChI=1S/2C11H18NO.C2H4O2.BrH/c2*1-12(2,8-9-13)10-11-6-4-3-5-7-11;1-2(3)4;/h2*3-7,13H,8-10H2,1-2H3;1H3,(H,3,4);1H/q2*+1;;/p-2. The topological polar surface area (TPSA) is 80.6 Å². The molecule has 7 heteroatoms. The SMILES string of the molecule is CC(=O)[O-].C[N+](C)(CCO)Cc1ccccc1.C[N+](C)(CCO)Cc1ccccc1.[Br-]. The molecule has 0 atom stereocenters. The highest BCUT2D eigenvalue weighted by molar-refractivity contribution is 5.60. The van der Waals surface area contributed by atoms with Gasteiger partial charge < -0.3 is 46.1 Å². The van der Waals surface area contributed by atoms with Gasteiger partial charge in [0.1, 0.15) is 26.2 Å². The highest BCUT2D eigenvalue weighted by atomic mass is 79.9. The maximum atomic E-state index is 8.89. The molecule has 0 amide bonds. The number of nitrogens with zero attached hydrogens (tertiary/aromatic N) is 2. The number of halogens is 1. The number of rotatable bonds is 8. The molecular weight excluding hydrogens is 460 g/mol. The lowest BCUT2D eigenvalue weighted by molar-refractivity contribution is -0.903. The Kier molecular flexibility index (Phi) is 17.1. The molecule has 2 aromatic carbocycles. The van der Waals surface area contributed by atoms with Gasteiger partial charge in [-0.3, -0.25) is 0 Å². The van der Waals surface area contributed by atoms with Gasteiger partial charge in [-0.05, 0) is 6.92 Å². The second-order valence-corrected chi connectivity index (χ2v) is 8.54. The van der Waals surface area contributed by atoms with Gasteiger partial charge in [-0.15, -0.1) is 0 Å². The minimum Gasteiger partial charge on any atom is -1.00 e. The van der Waals surface area contributed by atoms with Crippen LogP contribution in [0.1, 0.15) is 18.1 Å². The van der Waals surface area contributed by atoms with E-state index >= 15 is 0 Å². The molecule has 0 heterocycles. The zero-order valence-electron chi connectivity index (χ0n) is 19.5. The molecule has 2 rings (SSSR count). The third kappa shape index (κ3) is 18.7. The van der Waals surface area contributed by atoms with Crippen LogP contribution in [0.3, 0.4) is 0 Å². The van der Waals surface area contributed by atoms with E-state index in [0.29, 0.717) is 0 Å². The van der Waals surface area contributed by atoms with Crippen LogP contribution in [0.4, 0.5) is 0 Å². The van der Waals surface area contributed by atoms with Gasteiger partial charge in [0.2, 0.25) is 0 Å². The fourth-order valence-corrected chi connectivity index (χ4v) is 2.85. The molecule has 0 saturated heterocycles. The molecule has 0 aliphatic heterocycles. The van der Waals surface area contributed by atoms with Gasteiger partial charge in [0.05, 0.1) is 41.4 Å². The Hall–Kier alpha value is -1.77. The number of carboxylic acid groups (broad SMARTS) is 1. The molecule has 0 bridgehead atoms. The average molecular weight is 499 g/mol. The number of likely N-dealkylation sites (N-methyl/N-ethyl adjacent to an activating group) is 2. The number of aliphatic hydroxyl groups excluding tert-OH is 2. The Bertz CT molecular complexity index is 636. The zero-order chi connectivity index (χ0) is 23.0. The first-order valence-corrected chi connectivity index (χ1v) is 10.1. The molecule has 176 valence electrons. The number of hydrogen-bond acceptors (Lipinski definition) is 4. The first-order valence-electron chi connectivity index (χ1n) is 10.1. The molecule has 0 radical (unpaired) electrons. The second kappa shape index (κ2) is 16.9. The first-order chi connectivity index (χ1) is 14.0. The fourth-order valence-electron chi connectivity index (χ4n) is 2.85. The smallest absolute Gasteiger partial charge is 0.104 e. The molecule has 0 aromatic heterocycles. The van der Waals surface area contributed by atoms with E-state index in [9.17, 15) is 0 Å². The second-order valence-electron chi connectivity index (χ2n) is 8.54. The Morgan fingerprint density at radius 2 is 1.00 bits per heavy atom. The summed E-state index contributed by atoms with van der Waals surface area (Å²) in [5.74, 6) is -1.08. The summed E-state index contributed by atoms with van der Waals surface area (Å²) in [6, 6.07) is 20.7. The van der Waals surface area contributed by atoms with Gasteiger partial charge in [-0.25, -0.2) is 0 Å². The van der Waals surface area contributed by atoms with Crippen molar-refractivity contribution in [3.63, 3.8) is 0 Å². The molecule has 2 N–H and O–H groups in total. The third-order valence-electron chi connectivity index (χ3n) is 4.32. The lowest BCUT2D eigenvalue weighted by atomic mass is 10.2. The summed E-state index contributed by atoms with van der Waals surface area (Å²) < 4.78 is 1.67. The summed E-state index contributed by atoms with van der Waals surface area (Å²) in [5, 5.41) is 26.6. The fraction of sp³-hybridized carbons (Fsp3) is 0.458. The molecule has 0 fully saturated rings. The summed E-state index contributed by atoms with van der Waals surface area (Å²) in [4.78, 5) is 8.89. The van der Waals surface area contributed by atoms with Gasteiger partial charge in [0.25, 0.3) is 0 Å². The van der Waals surface area contributed by atoms with Crippen molar-refractivity contribution in [1.82, 2.24) is 0 Å². The monoisotopic (exact) mass is 498 g/mol. The van der Waals surface area contributed by atoms with E-state index in [4.69, 9.17) is 20.1 Å². The van der Waals surface area contributed by atoms with Crippen molar-refractivity contribution in [2.45, 2.75) is 20.0 Å². The van der Waals surface area contributed by atoms with Gasteiger partial charge in [0.15, 0.2) is 0 Å². The van der Waals surface area contributed by atoms with Crippen LogP contribution in [-0.2, 0) is 17.9 Å². The number of carboxylic acids is 1. The Morgan fingerprint density at radius 3 is 1.23 bits per heavy atom. The minimum absolute atomic E-state index is 0. The van der Waals surface area contributed by atoms with Gasteiger partial charge in [-0.1, -0.05) is 60.7 Å². The van der Waals surface area contributed by atoms with Crippen molar-refractivity contribution in [2.24, 2.45) is 0 Å². The van der Waals surface area contributed by atoms with Gasteiger partial charge in [0, 0.05) is 17.1 Å². The Morgan fingerprint density at radius 1 is 0.742 bits per heavy atom. The third-order valence-corrected chi connectivity index (χ3v) is 4.32. The number of hydrogen-bond donors (Lipinski definition) is 2. The number of quaternary nitrogens is 2. The maximum Gasteiger partial charge on any atom is 0.104 e. The molecular formula is C24H39BrN2O4. The van der Waals surface area contributed by atoms with Crippen LogP contribution in [0.15, 0.2) is 60.7 Å². The lowest BCUT2D eigenvalue weighted by Gasteiger charge is -2.28. The summed E-state index contributed by atoms with van der Waals surface area (Å²) in [6.45, 7) is 5.02. The number of aliphatic carboxylic acids is 1. The molecule has 31 heavy (non-hydrogen) atoms. The molecule has 2 aromatic rings. The lowest BCUT2D eigenvalue weighted by Crippen LogP contribution is -3.00. The quantitative estimate of drug-likeness (QED) is 0.424. The molecule has 6 nitrogen and oxygen atoms in total. The number of benzene rings is 2. The van der Waals surface area contributed by atoms with E-state index in [2.05, 4.69) is 52.5 Å². The van der Waals surface area contributed by atoms with Crippen LogP contribution in [-0.4, -0.2) is 79.6 Å². The first kappa shape index (κ1) is 31.4. The van der Waals surface area contributed by atoms with E-state index < -0.39 is 5.97 Å². The molecule has 0 spiro atoms. The van der Waals surface area contributed by atoms with Crippen molar-refractivity contribution in [1.29, 1.82) is 0 Å². The highest BCUT2D eigenvalue weighted by Gasteiger charge is 2.14. The molecule has 0 saturated carbocycles. The number of carbonyl (C=O) groups is 1. The van der Waals surface area contributed by atoms with E-state index in [1.165, 1.54) is 11.1 Å². The zero-order valence-corrected chi connectivity index (χ0v) is 21.1. The predicted molar refractivity (Wildman–Crippen MR) is 119 cm³/mol. The van der Waals surface area contributed by atoms with E-state index in [0.717, 1.165) is 42.1 Å². The normalized spacial score (nSPS) is 10.5. The number of carbonyl (C=O) groups excluding carboxylic acids is 1. The Labute approximate surface area is 198 Å². The van der Waals surface area contributed by atoms with Crippen molar-refractivity contribution >= 4 is 5.97 Å². The summed E-state index contributed by atoms with van der Waals surface area (Å²) in [6.07, 6.45) is 0. The predicted octanol–water partition coefficient (Wildman–Crippen LogP) is -1.73. The average Bonchev–Trinajstić information content (AvgIpc) is 2.62. The van der Waals surface area contributed by atoms with Crippen molar-refractivity contribution < 1.29 is 46.1 Å². The van der Waals surface area contributed by atoms with Crippen LogP contribution in [0.2, 0.25) is 0 Å². The summed E-state index contributed by atoms with van der Waals surface area (Å²) in [7, 11) is 8.51. The van der Waals surface area contributed by atoms with E-state index in [1.807, 2.05) is 36.4 Å². The van der Waals surface area contributed by atoms with Gasteiger partial charge >= 0.3 is 0 Å². The van der Waals surface area contributed by atoms with Crippen LogP contribution in [0.25, 0.3) is 0 Å². The van der Waals surface area contributed by atoms with E-state index in [1.54, 1.807) is 0 Å². The van der Waals surface area contributed by atoms with Gasteiger partial charge in [-0.2, -0.15) is 0 Å². The maximum absolute atomic E-state index is 8.89. The van der Waals surface area contributed by atoms with Crippen LogP contribution in [0, 0.1) is 0 Å². The van der Waals surface area contributed by atoms with Crippen LogP contribution >= 0.6 is 0 Å². The molecule has 0 aliphatic rings. The van der Waals surface area contributed by atoms with E-state index in [-0.39, 0.29) is 30.2 Å². The van der Waals surface area contributed by atoms with Crippen molar-refractivity contribution in [3.8, 4) is 0 Å². The molecule has 0 aliphatic carbocycles. The Balaban J connectivity index is 0. The van der Waals surface area contributed by atoms with Crippen LogP contribution < -0.4 is 22.1 Å². The van der Waals surface area contributed by atoms with Crippen molar-refractivity contribution in [3.05, 3.63) is 71.8 Å². The van der Waals surface area contributed by atoms with Crippen LogP contribution in [0.5, 0.6) is 0 Å². The highest BCUT2D eigenvalue weighted by Crippen LogP contribution is 2.08. The summed E-state index contributed by atoms with van der Waals surface area (Å²) in [5.41, 5.74) is 2.64. The number of aliphatic hydroxyl groups is 2. The minimum atomic E-state index is -1.08. The molecule has 0 unspecified atom stereocenters.